The van der Waals surface area contributed by atoms with Crippen LogP contribution in [0.1, 0.15) is 37.7 Å². The highest BCUT2D eigenvalue weighted by Crippen LogP contribution is 2.39. The van der Waals surface area contributed by atoms with Gasteiger partial charge in [0.15, 0.2) is 0 Å². The quantitative estimate of drug-likeness (QED) is 0.528. The number of piperidine rings is 2. The van der Waals surface area contributed by atoms with Gasteiger partial charge in [0.25, 0.3) is 5.69 Å². The molecule has 0 spiro atoms. The molecule has 22 heavy (non-hydrogen) atoms. The third kappa shape index (κ3) is 2.88. The lowest BCUT2D eigenvalue weighted by atomic mass is 9.81. The molecule has 2 aliphatic heterocycles. The SMILES string of the molecule is O=[N+]([O-])c1ccc(C[N@@+]23CCCCC2C(CO)CCC3)cc1. The summed E-state index contributed by atoms with van der Waals surface area (Å²) < 4.78 is 1.07. The van der Waals surface area contributed by atoms with E-state index in [0.29, 0.717) is 18.6 Å². The van der Waals surface area contributed by atoms with Gasteiger partial charge in [-0.05, 0) is 37.8 Å². The first-order valence-electron chi connectivity index (χ1n) is 8.34. The van der Waals surface area contributed by atoms with E-state index in [4.69, 9.17) is 0 Å². The molecule has 0 aliphatic carbocycles. The van der Waals surface area contributed by atoms with E-state index in [1.54, 1.807) is 12.1 Å². The second kappa shape index (κ2) is 6.34. The summed E-state index contributed by atoms with van der Waals surface area (Å²) in [5.41, 5.74) is 1.34. The van der Waals surface area contributed by atoms with Crippen molar-refractivity contribution in [2.75, 3.05) is 19.7 Å². The third-order valence-electron chi connectivity index (χ3n) is 5.66. The highest BCUT2D eigenvalue weighted by molar-refractivity contribution is 5.32. The van der Waals surface area contributed by atoms with Gasteiger partial charge in [-0.15, -0.1) is 0 Å². The van der Waals surface area contributed by atoms with Crippen molar-refractivity contribution in [3.8, 4) is 0 Å². The molecule has 1 aromatic carbocycles. The number of nitrogens with zero attached hydrogens (tertiary/aromatic N) is 2. The summed E-state index contributed by atoms with van der Waals surface area (Å²) in [7, 11) is 0. The molecule has 5 heteroatoms. The van der Waals surface area contributed by atoms with E-state index >= 15 is 0 Å². The lowest BCUT2D eigenvalue weighted by Crippen LogP contribution is -2.63. The second-order valence-electron chi connectivity index (χ2n) is 6.90. The van der Waals surface area contributed by atoms with E-state index in [0.717, 1.165) is 17.4 Å². The Kier molecular flexibility index (Phi) is 4.45. The summed E-state index contributed by atoms with van der Waals surface area (Å²) in [6, 6.07) is 7.58. The highest BCUT2D eigenvalue weighted by Gasteiger charge is 2.46. The Balaban J connectivity index is 1.82. The molecule has 3 atom stereocenters. The molecule has 0 saturated carbocycles. The zero-order valence-corrected chi connectivity index (χ0v) is 13.0. The maximum atomic E-state index is 10.8. The molecule has 0 radical (unpaired) electrons. The van der Waals surface area contributed by atoms with E-state index in [-0.39, 0.29) is 10.6 Å². The normalized spacial score (nSPS) is 31.5. The fraction of sp³-hybridized carbons (Fsp3) is 0.647. The summed E-state index contributed by atoms with van der Waals surface area (Å²) in [5, 5.41) is 20.5. The molecule has 1 aromatic rings. The summed E-state index contributed by atoms with van der Waals surface area (Å²) in [5.74, 6) is 0.423. The van der Waals surface area contributed by atoms with Crippen molar-refractivity contribution in [3.05, 3.63) is 39.9 Å². The highest BCUT2D eigenvalue weighted by atomic mass is 16.6. The van der Waals surface area contributed by atoms with Gasteiger partial charge in [-0.3, -0.25) is 10.1 Å². The second-order valence-corrected chi connectivity index (χ2v) is 6.90. The lowest BCUT2D eigenvalue weighted by Gasteiger charge is -2.53. The maximum absolute atomic E-state index is 10.8. The molecular formula is C17H25N2O3+. The van der Waals surface area contributed by atoms with Crippen LogP contribution in [0.3, 0.4) is 0 Å². The number of quaternary nitrogens is 1. The molecule has 2 heterocycles. The fourth-order valence-corrected chi connectivity index (χ4v) is 4.62. The van der Waals surface area contributed by atoms with Crippen molar-refractivity contribution < 1.29 is 14.5 Å². The Labute approximate surface area is 131 Å². The van der Waals surface area contributed by atoms with Gasteiger partial charge in [0.2, 0.25) is 0 Å². The minimum atomic E-state index is -0.345. The van der Waals surface area contributed by atoms with Crippen LogP contribution in [0.15, 0.2) is 24.3 Å². The van der Waals surface area contributed by atoms with Crippen LogP contribution in [0, 0.1) is 16.0 Å². The van der Waals surface area contributed by atoms with Crippen LogP contribution in [0.2, 0.25) is 0 Å². The van der Waals surface area contributed by atoms with Gasteiger partial charge in [-0.2, -0.15) is 0 Å². The number of hydrogen-bond donors (Lipinski definition) is 1. The van der Waals surface area contributed by atoms with E-state index in [1.807, 2.05) is 12.1 Å². The van der Waals surface area contributed by atoms with Crippen molar-refractivity contribution in [1.29, 1.82) is 0 Å². The Bertz CT molecular complexity index is 527. The molecule has 0 amide bonds. The molecule has 1 N–H and O–H groups in total. The van der Waals surface area contributed by atoms with Crippen LogP contribution in [0.4, 0.5) is 5.69 Å². The molecule has 2 fully saturated rings. The third-order valence-corrected chi connectivity index (χ3v) is 5.66. The number of benzene rings is 1. The maximum Gasteiger partial charge on any atom is 0.269 e. The predicted molar refractivity (Wildman–Crippen MR) is 84.2 cm³/mol. The Hall–Kier alpha value is -1.46. The van der Waals surface area contributed by atoms with Crippen LogP contribution in [-0.4, -0.2) is 40.3 Å². The van der Waals surface area contributed by atoms with Crippen LogP contribution in [0.5, 0.6) is 0 Å². The van der Waals surface area contributed by atoms with Crippen molar-refractivity contribution in [2.45, 2.75) is 44.7 Å². The summed E-state index contributed by atoms with van der Waals surface area (Å²) >= 11 is 0. The number of nitro benzene ring substituents is 1. The molecule has 2 saturated heterocycles. The Morgan fingerprint density at radius 2 is 1.86 bits per heavy atom. The summed E-state index contributed by atoms with van der Waals surface area (Å²) in [4.78, 5) is 10.4. The Morgan fingerprint density at radius 1 is 1.14 bits per heavy atom. The molecule has 3 rings (SSSR count). The molecule has 0 aromatic heterocycles. The molecule has 0 bridgehead atoms. The monoisotopic (exact) mass is 305 g/mol. The number of fused-ring (bicyclic) bond motifs is 1. The number of hydrogen-bond acceptors (Lipinski definition) is 3. The van der Waals surface area contributed by atoms with Gasteiger partial charge in [0.1, 0.15) is 6.54 Å². The number of aliphatic hydroxyl groups is 1. The molecule has 120 valence electrons. The van der Waals surface area contributed by atoms with Crippen LogP contribution in [-0.2, 0) is 6.54 Å². The van der Waals surface area contributed by atoms with E-state index in [1.165, 1.54) is 44.3 Å². The van der Waals surface area contributed by atoms with Crippen LogP contribution >= 0.6 is 0 Å². The standard InChI is InChI=1S/C17H25N2O3/c20-13-15-4-3-11-19(10-2-1-5-17(15)19)12-14-6-8-16(9-7-14)18(21)22/h6-9,15,17,20H,1-5,10-13H2/q+1/t15?,17?,19-/m0/s1. The number of non-ortho nitro benzene ring substituents is 1. The molecule has 2 unspecified atom stereocenters. The van der Waals surface area contributed by atoms with Crippen molar-refractivity contribution in [2.24, 2.45) is 5.92 Å². The van der Waals surface area contributed by atoms with E-state index < -0.39 is 0 Å². The minimum Gasteiger partial charge on any atom is -0.396 e. The van der Waals surface area contributed by atoms with Crippen molar-refractivity contribution >= 4 is 5.69 Å². The number of nitro groups is 1. The average Bonchev–Trinajstić information content (AvgIpc) is 2.54. The first kappa shape index (κ1) is 15.4. The van der Waals surface area contributed by atoms with Gasteiger partial charge in [0.05, 0.1) is 30.7 Å². The van der Waals surface area contributed by atoms with Crippen molar-refractivity contribution in [3.63, 3.8) is 0 Å². The zero-order chi connectivity index (χ0) is 15.6. The predicted octanol–water partition coefficient (Wildman–Crippen LogP) is 2.87. The smallest absolute Gasteiger partial charge is 0.269 e. The molecule has 5 nitrogen and oxygen atoms in total. The number of aliphatic hydroxyl groups excluding tert-OH is 1. The van der Waals surface area contributed by atoms with Gasteiger partial charge in [-0.1, -0.05) is 0 Å². The van der Waals surface area contributed by atoms with Gasteiger partial charge in [-0.25, -0.2) is 0 Å². The summed E-state index contributed by atoms with van der Waals surface area (Å²) in [6.07, 6.45) is 6.04. The molecular weight excluding hydrogens is 280 g/mol. The van der Waals surface area contributed by atoms with Gasteiger partial charge in [0, 0.05) is 30.0 Å². The van der Waals surface area contributed by atoms with Crippen molar-refractivity contribution in [1.82, 2.24) is 0 Å². The zero-order valence-electron chi connectivity index (χ0n) is 13.0. The topological polar surface area (TPSA) is 63.4 Å². The average molecular weight is 305 g/mol. The Morgan fingerprint density at radius 3 is 2.55 bits per heavy atom. The first-order valence-corrected chi connectivity index (χ1v) is 8.34. The van der Waals surface area contributed by atoms with E-state index in [2.05, 4.69) is 0 Å². The van der Waals surface area contributed by atoms with Crippen LogP contribution in [0.25, 0.3) is 0 Å². The largest absolute Gasteiger partial charge is 0.396 e. The van der Waals surface area contributed by atoms with Crippen LogP contribution < -0.4 is 0 Å². The van der Waals surface area contributed by atoms with Gasteiger partial charge >= 0.3 is 0 Å². The lowest BCUT2D eigenvalue weighted by molar-refractivity contribution is -0.976. The summed E-state index contributed by atoms with van der Waals surface area (Å²) in [6.45, 7) is 3.60. The fourth-order valence-electron chi connectivity index (χ4n) is 4.62. The minimum absolute atomic E-state index is 0.158. The number of rotatable bonds is 4. The van der Waals surface area contributed by atoms with Gasteiger partial charge < -0.3 is 9.59 Å². The first-order chi connectivity index (χ1) is 10.6. The van der Waals surface area contributed by atoms with E-state index in [9.17, 15) is 15.2 Å². The molecule has 2 aliphatic rings.